The highest BCUT2D eigenvalue weighted by atomic mass is 16.5. The van der Waals surface area contributed by atoms with Crippen LogP contribution < -0.4 is 10.6 Å². The first kappa shape index (κ1) is 22.2. The van der Waals surface area contributed by atoms with Gasteiger partial charge in [0.15, 0.2) is 0 Å². The molecule has 1 saturated carbocycles. The van der Waals surface area contributed by atoms with Gasteiger partial charge in [0.2, 0.25) is 0 Å². The lowest BCUT2D eigenvalue weighted by molar-refractivity contribution is 0.00635. The Balaban J connectivity index is 1.38. The smallest absolute Gasteiger partial charge is 0.329 e. The fraction of sp³-hybridized carbons (Fsp3) is 0.444. The minimum Gasteiger partial charge on any atom is -0.381 e. The van der Waals surface area contributed by atoms with Crippen molar-refractivity contribution in [3.63, 3.8) is 0 Å². The van der Waals surface area contributed by atoms with Crippen LogP contribution in [0, 0.1) is 0 Å². The summed E-state index contributed by atoms with van der Waals surface area (Å²) in [5.41, 5.74) is 4.85. The van der Waals surface area contributed by atoms with Gasteiger partial charge in [-0.2, -0.15) is 0 Å². The molecule has 0 bridgehead atoms. The fourth-order valence-electron chi connectivity index (χ4n) is 5.60. The number of aromatic nitrogens is 4. The van der Waals surface area contributed by atoms with Crippen molar-refractivity contribution in [2.45, 2.75) is 37.5 Å². The van der Waals surface area contributed by atoms with Gasteiger partial charge in [0.05, 0.1) is 28.9 Å². The maximum atomic E-state index is 13.2. The van der Waals surface area contributed by atoms with Crippen LogP contribution in [0.2, 0.25) is 0 Å². The van der Waals surface area contributed by atoms with Crippen molar-refractivity contribution < 1.29 is 4.74 Å². The minimum absolute atomic E-state index is 0.00640. The third-order valence-corrected chi connectivity index (χ3v) is 7.98. The van der Waals surface area contributed by atoms with E-state index in [-0.39, 0.29) is 17.8 Å². The number of aryl methyl sites for hydroxylation is 1. The normalized spacial score (nSPS) is 22.4. The lowest BCUT2D eigenvalue weighted by Gasteiger charge is -2.34. The number of hydrogen-bond donors (Lipinski definition) is 0. The Morgan fingerprint density at radius 2 is 1.86 bits per heavy atom. The molecule has 4 heterocycles. The van der Waals surface area contributed by atoms with Gasteiger partial charge in [0.25, 0.3) is 0 Å². The van der Waals surface area contributed by atoms with E-state index in [1.165, 1.54) is 0 Å². The Hall–Kier alpha value is -3.23. The van der Waals surface area contributed by atoms with Crippen LogP contribution in [-0.4, -0.2) is 70.4 Å². The Bertz CT molecular complexity index is 1450. The van der Waals surface area contributed by atoms with Crippen LogP contribution in [0.3, 0.4) is 0 Å². The highest BCUT2D eigenvalue weighted by Crippen LogP contribution is 2.37. The van der Waals surface area contributed by atoms with E-state index in [0.29, 0.717) is 6.04 Å². The Morgan fingerprint density at radius 3 is 2.54 bits per heavy atom. The number of pyridine rings is 2. The quantitative estimate of drug-likeness (QED) is 0.443. The first-order chi connectivity index (χ1) is 16.9. The lowest BCUT2D eigenvalue weighted by Crippen LogP contribution is -2.37. The topological polar surface area (TPSA) is 68.4 Å². The Kier molecular flexibility index (Phi) is 5.38. The summed E-state index contributed by atoms with van der Waals surface area (Å²) in [6.45, 7) is 2.04. The number of anilines is 1. The predicted octanol–water partition coefficient (Wildman–Crippen LogP) is 3.44. The number of rotatable bonds is 5. The zero-order valence-corrected chi connectivity index (χ0v) is 20.8. The fourth-order valence-corrected chi connectivity index (χ4v) is 5.60. The van der Waals surface area contributed by atoms with Crippen molar-refractivity contribution in [1.82, 2.24) is 24.0 Å². The van der Waals surface area contributed by atoms with E-state index < -0.39 is 0 Å². The molecule has 8 nitrogen and oxygen atoms in total. The van der Waals surface area contributed by atoms with Crippen molar-refractivity contribution in [3.05, 3.63) is 53.2 Å². The summed E-state index contributed by atoms with van der Waals surface area (Å²) < 4.78 is 9.14. The number of fused-ring (bicyclic) bond motifs is 3. The molecular formula is C27H32N6O2. The zero-order chi connectivity index (χ0) is 24.3. The molecule has 1 aliphatic heterocycles. The summed E-state index contributed by atoms with van der Waals surface area (Å²) in [5, 5.41) is 0.996. The molecule has 3 aromatic heterocycles. The monoisotopic (exact) mass is 472 g/mol. The van der Waals surface area contributed by atoms with Gasteiger partial charge in [-0.15, -0.1) is 0 Å². The highest BCUT2D eigenvalue weighted by molar-refractivity contribution is 6.04. The van der Waals surface area contributed by atoms with Gasteiger partial charge in [0, 0.05) is 56.5 Å². The molecule has 1 aliphatic carbocycles. The molecule has 0 amide bonds. The van der Waals surface area contributed by atoms with Gasteiger partial charge in [-0.05, 0) is 63.2 Å². The third kappa shape index (κ3) is 3.63. The minimum atomic E-state index is 0.00640. The molecular weight excluding hydrogens is 440 g/mol. The highest BCUT2D eigenvalue weighted by Gasteiger charge is 2.33. The maximum absolute atomic E-state index is 13.2. The third-order valence-electron chi connectivity index (χ3n) is 7.98. The van der Waals surface area contributed by atoms with E-state index in [0.717, 1.165) is 71.2 Å². The molecule has 1 aromatic carbocycles. The van der Waals surface area contributed by atoms with E-state index in [2.05, 4.69) is 53.1 Å². The summed E-state index contributed by atoms with van der Waals surface area (Å²) in [6, 6.07) is 11.3. The molecule has 0 N–H and O–H groups in total. The number of hydrogen-bond acceptors (Lipinski definition) is 6. The van der Waals surface area contributed by atoms with E-state index in [9.17, 15) is 4.79 Å². The second-order valence-corrected chi connectivity index (χ2v) is 10.2. The van der Waals surface area contributed by atoms with Crippen LogP contribution in [0.4, 0.5) is 5.82 Å². The van der Waals surface area contributed by atoms with Gasteiger partial charge in [-0.3, -0.25) is 14.1 Å². The average Bonchev–Trinajstić information content (AvgIpc) is 3.43. The molecule has 2 fully saturated rings. The van der Waals surface area contributed by atoms with E-state index >= 15 is 0 Å². The summed E-state index contributed by atoms with van der Waals surface area (Å²) in [6.07, 6.45) is 6.87. The van der Waals surface area contributed by atoms with Gasteiger partial charge in [-0.25, -0.2) is 9.78 Å². The van der Waals surface area contributed by atoms with Crippen LogP contribution in [0.5, 0.6) is 0 Å². The number of imidazole rings is 1. The largest absolute Gasteiger partial charge is 0.381 e. The summed E-state index contributed by atoms with van der Waals surface area (Å²) >= 11 is 0. The molecule has 4 aromatic rings. The standard InChI is InChI=1S/C27H32N6O2/c1-30(2)19-9-10-32(16-19)25-8-6-18(14-29-25)17-5-7-23-22(11-17)26-24(15-28-23)31(3)27(34)33(26)20-12-21(13-20)35-4/h5-8,11,14-15,19-21H,9-10,12-13,16H2,1-4H3/t19-,20-,21-/m1/s1. The van der Waals surface area contributed by atoms with E-state index in [1.807, 2.05) is 30.1 Å². The van der Waals surface area contributed by atoms with Crippen LogP contribution in [0.25, 0.3) is 33.1 Å². The summed E-state index contributed by atoms with van der Waals surface area (Å²) in [4.78, 5) is 27.3. The number of likely N-dealkylation sites (N-methyl/N-ethyl adjacent to an activating group) is 1. The van der Waals surface area contributed by atoms with Crippen molar-refractivity contribution in [2.75, 3.05) is 39.2 Å². The SMILES string of the molecule is CO[C@H]1C[C@H](n2c(=O)n(C)c3cnc4ccc(-c5ccc(N6CC[C@@H](N(C)C)C6)nc5)cc4c32)C1. The van der Waals surface area contributed by atoms with E-state index in [1.54, 1.807) is 11.7 Å². The van der Waals surface area contributed by atoms with Crippen molar-refractivity contribution in [3.8, 4) is 11.1 Å². The van der Waals surface area contributed by atoms with Gasteiger partial charge in [0.1, 0.15) is 5.82 Å². The summed E-state index contributed by atoms with van der Waals surface area (Å²) in [5.74, 6) is 1.03. The van der Waals surface area contributed by atoms with Crippen molar-refractivity contribution in [1.29, 1.82) is 0 Å². The number of benzene rings is 1. The molecule has 6 rings (SSSR count). The predicted molar refractivity (Wildman–Crippen MR) is 139 cm³/mol. The second-order valence-electron chi connectivity index (χ2n) is 10.2. The molecule has 1 atom stereocenters. The molecule has 1 saturated heterocycles. The van der Waals surface area contributed by atoms with Gasteiger partial charge >= 0.3 is 5.69 Å². The van der Waals surface area contributed by atoms with E-state index in [4.69, 9.17) is 9.72 Å². The molecule has 0 spiro atoms. The lowest BCUT2D eigenvalue weighted by atomic mass is 9.89. The van der Waals surface area contributed by atoms with Crippen LogP contribution in [0.15, 0.2) is 47.5 Å². The van der Waals surface area contributed by atoms with Crippen molar-refractivity contribution in [2.24, 2.45) is 7.05 Å². The van der Waals surface area contributed by atoms with Crippen molar-refractivity contribution >= 4 is 27.8 Å². The number of methoxy groups -OCH3 is 1. The van der Waals surface area contributed by atoms with Gasteiger partial charge < -0.3 is 14.5 Å². The zero-order valence-electron chi connectivity index (χ0n) is 20.8. The molecule has 182 valence electrons. The Labute approximate surface area is 204 Å². The number of nitrogens with zero attached hydrogens (tertiary/aromatic N) is 6. The van der Waals surface area contributed by atoms with Crippen LogP contribution >= 0.6 is 0 Å². The molecule has 0 unspecified atom stereocenters. The first-order valence-corrected chi connectivity index (χ1v) is 12.3. The molecule has 35 heavy (non-hydrogen) atoms. The summed E-state index contributed by atoms with van der Waals surface area (Å²) in [7, 11) is 7.85. The van der Waals surface area contributed by atoms with Gasteiger partial charge in [-0.1, -0.05) is 6.07 Å². The maximum Gasteiger partial charge on any atom is 0.329 e. The number of ether oxygens (including phenoxy) is 1. The second kappa shape index (κ2) is 8.46. The first-order valence-electron chi connectivity index (χ1n) is 12.3. The molecule has 8 heteroatoms. The van der Waals surface area contributed by atoms with Crippen LogP contribution in [0.1, 0.15) is 25.3 Å². The molecule has 2 aliphatic rings. The average molecular weight is 473 g/mol. The molecule has 0 radical (unpaired) electrons. The Morgan fingerprint density at radius 1 is 1.06 bits per heavy atom. The van der Waals surface area contributed by atoms with Crippen LogP contribution in [-0.2, 0) is 11.8 Å².